The van der Waals surface area contributed by atoms with E-state index in [1.807, 2.05) is 26.0 Å². The summed E-state index contributed by atoms with van der Waals surface area (Å²) in [5.74, 6) is -0.359. The lowest BCUT2D eigenvalue weighted by atomic mass is 10.2. The van der Waals surface area contributed by atoms with Crippen molar-refractivity contribution >= 4 is 21.6 Å². The first-order valence-corrected chi connectivity index (χ1v) is 10.2. The Hall–Kier alpha value is -2.38. The molecule has 0 fully saturated rings. The number of sulfonamides is 1. The van der Waals surface area contributed by atoms with Crippen LogP contribution in [0, 0.1) is 13.8 Å². The van der Waals surface area contributed by atoms with Crippen LogP contribution in [-0.4, -0.2) is 41.1 Å². The second-order valence-corrected chi connectivity index (χ2v) is 8.22. The number of nitrogens with zero attached hydrogens (tertiary/aromatic N) is 1. The Morgan fingerprint density at radius 3 is 2.11 bits per heavy atom. The van der Waals surface area contributed by atoms with Crippen LogP contribution in [0.2, 0.25) is 0 Å². The molecule has 0 aliphatic heterocycles. The highest BCUT2D eigenvalue weighted by atomic mass is 32.2. The first kappa shape index (κ1) is 20.9. The summed E-state index contributed by atoms with van der Waals surface area (Å²) in [6.45, 7) is 4.49. The molecule has 1 N–H and O–H groups in total. The second kappa shape index (κ2) is 9.53. The molecule has 1 amide bonds. The van der Waals surface area contributed by atoms with Gasteiger partial charge in [0.25, 0.3) is 10.0 Å². The zero-order valence-corrected chi connectivity index (χ0v) is 16.8. The molecular formula is C20H26N2O4S. The highest BCUT2D eigenvalue weighted by Gasteiger charge is 2.27. The number of ether oxygens (including phenoxy) is 1. The summed E-state index contributed by atoms with van der Waals surface area (Å²) in [4.78, 5) is 12.5. The molecule has 0 heterocycles. The van der Waals surface area contributed by atoms with Gasteiger partial charge in [-0.05, 0) is 44.5 Å². The summed E-state index contributed by atoms with van der Waals surface area (Å²) >= 11 is 0. The van der Waals surface area contributed by atoms with Crippen LogP contribution in [-0.2, 0) is 19.6 Å². The Kier molecular flexibility index (Phi) is 7.38. The van der Waals surface area contributed by atoms with Gasteiger partial charge in [0.1, 0.15) is 6.54 Å². The average Bonchev–Trinajstić information content (AvgIpc) is 2.64. The number of methoxy groups -OCH3 is 1. The molecule has 0 unspecified atom stereocenters. The van der Waals surface area contributed by atoms with Gasteiger partial charge in [0, 0.05) is 20.3 Å². The van der Waals surface area contributed by atoms with E-state index in [1.54, 1.807) is 43.5 Å². The molecular weight excluding hydrogens is 364 g/mol. The van der Waals surface area contributed by atoms with Gasteiger partial charge in [-0.3, -0.25) is 9.10 Å². The van der Waals surface area contributed by atoms with Crippen LogP contribution >= 0.6 is 0 Å². The third-order valence-electron chi connectivity index (χ3n) is 4.07. The number of aryl methyl sites for hydroxylation is 2. The van der Waals surface area contributed by atoms with E-state index < -0.39 is 10.0 Å². The Balaban J connectivity index is 2.28. The predicted octanol–water partition coefficient (Wildman–Crippen LogP) is 2.65. The summed E-state index contributed by atoms with van der Waals surface area (Å²) in [6.07, 6.45) is 0.664. The molecule has 146 valence electrons. The number of carbonyl (C=O) groups excluding carboxylic acids is 1. The SMILES string of the molecule is COCCCNC(=O)CN(c1ccc(C)cc1)S(=O)(=O)c1ccc(C)cc1. The number of nitrogens with one attached hydrogen (secondary N) is 1. The predicted molar refractivity (Wildman–Crippen MR) is 106 cm³/mol. The number of rotatable bonds is 9. The summed E-state index contributed by atoms with van der Waals surface area (Å²) < 4.78 is 32.4. The van der Waals surface area contributed by atoms with Gasteiger partial charge in [-0.1, -0.05) is 35.4 Å². The number of amides is 1. The summed E-state index contributed by atoms with van der Waals surface area (Å²) in [5.41, 5.74) is 2.43. The number of anilines is 1. The van der Waals surface area contributed by atoms with Gasteiger partial charge >= 0.3 is 0 Å². The fourth-order valence-corrected chi connectivity index (χ4v) is 3.92. The Bertz CT molecular complexity index is 847. The van der Waals surface area contributed by atoms with Crippen LogP contribution in [0.25, 0.3) is 0 Å². The average molecular weight is 391 g/mol. The first-order chi connectivity index (χ1) is 12.8. The van der Waals surface area contributed by atoms with Crippen LogP contribution in [0.1, 0.15) is 17.5 Å². The molecule has 0 saturated carbocycles. The van der Waals surface area contributed by atoms with Crippen molar-refractivity contribution in [2.75, 3.05) is 31.1 Å². The highest BCUT2D eigenvalue weighted by Crippen LogP contribution is 2.24. The molecule has 27 heavy (non-hydrogen) atoms. The van der Waals surface area contributed by atoms with E-state index in [-0.39, 0.29) is 17.3 Å². The minimum absolute atomic E-state index is 0.154. The van der Waals surface area contributed by atoms with Crippen molar-refractivity contribution in [1.29, 1.82) is 0 Å². The topological polar surface area (TPSA) is 75.7 Å². The molecule has 0 saturated heterocycles. The van der Waals surface area contributed by atoms with E-state index in [1.165, 1.54) is 0 Å². The maximum absolute atomic E-state index is 13.2. The summed E-state index contributed by atoms with van der Waals surface area (Å²) in [6, 6.07) is 13.7. The van der Waals surface area contributed by atoms with Crippen LogP contribution in [0.3, 0.4) is 0 Å². The Morgan fingerprint density at radius 1 is 1.00 bits per heavy atom. The molecule has 2 rings (SSSR count). The van der Waals surface area contributed by atoms with E-state index in [2.05, 4.69) is 5.32 Å². The van der Waals surface area contributed by atoms with Crippen molar-refractivity contribution in [1.82, 2.24) is 5.32 Å². The second-order valence-electron chi connectivity index (χ2n) is 6.36. The zero-order valence-electron chi connectivity index (χ0n) is 15.9. The van der Waals surface area contributed by atoms with Crippen LogP contribution < -0.4 is 9.62 Å². The Labute approximate surface area is 161 Å². The van der Waals surface area contributed by atoms with Crippen molar-refractivity contribution in [2.45, 2.75) is 25.2 Å². The number of hydrogen-bond donors (Lipinski definition) is 1. The third-order valence-corrected chi connectivity index (χ3v) is 5.85. The van der Waals surface area contributed by atoms with Crippen LogP contribution in [0.4, 0.5) is 5.69 Å². The van der Waals surface area contributed by atoms with Gasteiger partial charge in [0.2, 0.25) is 5.91 Å². The smallest absolute Gasteiger partial charge is 0.264 e. The van der Waals surface area contributed by atoms with Crippen molar-refractivity contribution in [3.05, 3.63) is 59.7 Å². The molecule has 2 aromatic carbocycles. The number of benzene rings is 2. The fraction of sp³-hybridized carbons (Fsp3) is 0.350. The zero-order chi connectivity index (χ0) is 19.9. The molecule has 7 heteroatoms. The fourth-order valence-electron chi connectivity index (χ4n) is 2.49. The van der Waals surface area contributed by atoms with Gasteiger partial charge in [-0.25, -0.2) is 8.42 Å². The van der Waals surface area contributed by atoms with E-state index in [0.29, 0.717) is 25.3 Å². The van der Waals surface area contributed by atoms with Gasteiger partial charge in [-0.2, -0.15) is 0 Å². The molecule has 6 nitrogen and oxygen atoms in total. The summed E-state index contributed by atoms with van der Waals surface area (Å²) in [5, 5.41) is 2.74. The lowest BCUT2D eigenvalue weighted by Gasteiger charge is -2.24. The van der Waals surface area contributed by atoms with Gasteiger partial charge in [0.05, 0.1) is 10.6 Å². The number of hydrogen-bond acceptors (Lipinski definition) is 4. The van der Waals surface area contributed by atoms with E-state index >= 15 is 0 Å². The maximum Gasteiger partial charge on any atom is 0.264 e. The van der Waals surface area contributed by atoms with Crippen molar-refractivity contribution in [2.24, 2.45) is 0 Å². The van der Waals surface area contributed by atoms with E-state index in [9.17, 15) is 13.2 Å². The minimum Gasteiger partial charge on any atom is -0.385 e. The standard InChI is InChI=1S/C20H26N2O4S/c1-16-5-9-18(10-6-16)22(15-20(23)21-13-4-14-26-3)27(24,25)19-11-7-17(2)8-12-19/h5-12H,4,13-15H2,1-3H3,(H,21,23). The van der Waals surface area contributed by atoms with Crippen LogP contribution in [0.15, 0.2) is 53.4 Å². The van der Waals surface area contributed by atoms with Gasteiger partial charge in [0.15, 0.2) is 0 Å². The Morgan fingerprint density at radius 2 is 1.56 bits per heavy atom. The quantitative estimate of drug-likeness (QED) is 0.668. The summed E-state index contributed by atoms with van der Waals surface area (Å²) in [7, 11) is -2.27. The highest BCUT2D eigenvalue weighted by molar-refractivity contribution is 7.92. The minimum atomic E-state index is -3.87. The molecule has 0 atom stereocenters. The first-order valence-electron chi connectivity index (χ1n) is 8.76. The van der Waals surface area contributed by atoms with Crippen LogP contribution in [0.5, 0.6) is 0 Å². The normalized spacial score (nSPS) is 11.2. The lowest BCUT2D eigenvalue weighted by molar-refractivity contribution is -0.119. The molecule has 0 aliphatic rings. The molecule has 2 aromatic rings. The van der Waals surface area contributed by atoms with Gasteiger partial charge in [-0.15, -0.1) is 0 Å². The lowest BCUT2D eigenvalue weighted by Crippen LogP contribution is -2.41. The largest absolute Gasteiger partial charge is 0.385 e. The molecule has 0 radical (unpaired) electrons. The van der Waals surface area contributed by atoms with Crippen molar-refractivity contribution in [3.8, 4) is 0 Å². The molecule has 0 aliphatic carbocycles. The van der Waals surface area contributed by atoms with E-state index in [0.717, 1.165) is 15.4 Å². The van der Waals surface area contributed by atoms with Crippen molar-refractivity contribution in [3.63, 3.8) is 0 Å². The van der Waals surface area contributed by atoms with Crippen molar-refractivity contribution < 1.29 is 17.9 Å². The molecule has 0 aromatic heterocycles. The molecule has 0 bridgehead atoms. The van der Waals surface area contributed by atoms with Gasteiger partial charge < -0.3 is 10.1 Å². The monoisotopic (exact) mass is 390 g/mol. The van der Waals surface area contributed by atoms with E-state index in [4.69, 9.17) is 4.74 Å². The maximum atomic E-state index is 13.2. The third kappa shape index (κ3) is 5.80. The number of carbonyl (C=O) groups is 1. The molecule has 0 spiro atoms.